The predicted molar refractivity (Wildman–Crippen MR) is 98.0 cm³/mol. The van der Waals surface area contributed by atoms with Crippen LogP contribution in [0.15, 0.2) is 35.2 Å². The second-order valence-corrected chi connectivity index (χ2v) is 6.67. The Morgan fingerprint density at radius 2 is 1.65 bits per heavy atom. The largest absolute Gasteiger partial charge is 0.344 e. The van der Waals surface area contributed by atoms with Gasteiger partial charge in [0.1, 0.15) is 5.60 Å². The average Bonchev–Trinajstić information content (AvgIpc) is 3.10. The zero-order valence-corrected chi connectivity index (χ0v) is 16.2. The van der Waals surface area contributed by atoms with Crippen molar-refractivity contribution in [1.29, 1.82) is 0 Å². The molecule has 0 N–H and O–H groups in total. The molecule has 1 aromatic carbocycles. The van der Waals surface area contributed by atoms with Crippen LogP contribution < -0.4 is 0 Å². The SMILES string of the molecule is CC.CC1(CSc2ccccc2)COC2(CCCC2)OO1.CCl. The van der Waals surface area contributed by atoms with Gasteiger partial charge >= 0.3 is 0 Å². The molecule has 1 aromatic rings. The summed E-state index contributed by atoms with van der Waals surface area (Å²) in [5, 5.41) is 0. The predicted octanol–water partition coefficient (Wildman–Crippen LogP) is 5.67. The summed E-state index contributed by atoms with van der Waals surface area (Å²) in [5.74, 6) is 0.379. The van der Waals surface area contributed by atoms with Crippen LogP contribution in [0.1, 0.15) is 46.5 Å². The highest BCUT2D eigenvalue weighted by Gasteiger charge is 2.46. The van der Waals surface area contributed by atoms with Crippen LogP contribution in [-0.4, -0.2) is 30.1 Å². The zero-order chi connectivity index (χ0) is 17.2. The number of benzene rings is 1. The van der Waals surface area contributed by atoms with Gasteiger partial charge in [-0.1, -0.05) is 32.0 Å². The van der Waals surface area contributed by atoms with Gasteiger partial charge in [0.15, 0.2) is 0 Å². The van der Waals surface area contributed by atoms with E-state index in [2.05, 4.69) is 23.7 Å². The maximum Gasteiger partial charge on any atom is 0.201 e. The number of alkyl halides is 1. The third-order valence-corrected chi connectivity index (χ3v) is 5.05. The molecule has 1 aliphatic heterocycles. The van der Waals surface area contributed by atoms with E-state index in [4.69, 9.17) is 14.5 Å². The van der Waals surface area contributed by atoms with Gasteiger partial charge < -0.3 is 4.74 Å². The van der Waals surface area contributed by atoms with Gasteiger partial charge in [0.2, 0.25) is 5.79 Å². The molecule has 5 heteroatoms. The second kappa shape index (κ2) is 10.6. The minimum atomic E-state index is -0.447. The lowest BCUT2D eigenvalue weighted by Gasteiger charge is -2.41. The lowest BCUT2D eigenvalue weighted by molar-refractivity contribution is -0.503. The summed E-state index contributed by atoms with van der Waals surface area (Å²) >= 11 is 6.41. The first kappa shape index (κ1) is 20.8. The van der Waals surface area contributed by atoms with E-state index < -0.39 is 5.79 Å². The maximum atomic E-state index is 5.97. The molecule has 2 fully saturated rings. The number of rotatable bonds is 3. The normalized spacial score (nSPS) is 25.1. The Bertz CT molecular complexity index is 412. The first-order valence-electron chi connectivity index (χ1n) is 8.26. The molecule has 3 nitrogen and oxygen atoms in total. The first-order chi connectivity index (χ1) is 11.2. The van der Waals surface area contributed by atoms with E-state index in [0.717, 1.165) is 18.6 Å². The van der Waals surface area contributed by atoms with Crippen LogP contribution >= 0.6 is 23.4 Å². The number of thioether (sulfide) groups is 1. The summed E-state index contributed by atoms with van der Waals surface area (Å²) in [7, 11) is 0. The van der Waals surface area contributed by atoms with Crippen molar-refractivity contribution in [3.8, 4) is 0 Å². The highest BCUT2D eigenvalue weighted by atomic mass is 35.5. The van der Waals surface area contributed by atoms with Gasteiger partial charge in [-0.15, -0.1) is 23.4 Å². The van der Waals surface area contributed by atoms with E-state index in [1.54, 1.807) is 11.8 Å². The molecular formula is C18H29ClO3S. The van der Waals surface area contributed by atoms with Gasteiger partial charge in [0.25, 0.3) is 0 Å². The molecule has 1 saturated heterocycles. The van der Waals surface area contributed by atoms with Gasteiger partial charge in [0.05, 0.1) is 6.61 Å². The van der Waals surface area contributed by atoms with Crippen LogP contribution in [0, 0.1) is 0 Å². The van der Waals surface area contributed by atoms with Crippen LogP contribution in [0.2, 0.25) is 0 Å². The molecule has 1 aliphatic carbocycles. The minimum absolute atomic E-state index is 0.367. The molecule has 2 aliphatic rings. The van der Waals surface area contributed by atoms with Crippen molar-refractivity contribution >= 4 is 23.4 Å². The molecule has 0 bridgehead atoms. The highest BCUT2D eigenvalue weighted by molar-refractivity contribution is 7.99. The summed E-state index contributed by atoms with van der Waals surface area (Å²) in [5.41, 5.74) is -0.367. The van der Waals surface area contributed by atoms with E-state index >= 15 is 0 Å². The standard InChI is InChI=1S/C15H20O3S.C2H6.CH3Cl/c1-14(12-19-13-7-3-2-4-8-13)11-16-15(18-17-14)9-5-6-10-15;2*1-2/h2-4,7-8H,5-6,9-12H2,1H3;1-2H3;1H3. The van der Waals surface area contributed by atoms with Gasteiger partial charge in [0, 0.05) is 29.9 Å². The van der Waals surface area contributed by atoms with Crippen molar-refractivity contribution < 1.29 is 14.5 Å². The lowest BCUT2D eigenvalue weighted by Crippen LogP contribution is -2.50. The third-order valence-electron chi connectivity index (χ3n) is 3.69. The van der Waals surface area contributed by atoms with Crippen LogP contribution in [0.4, 0.5) is 0 Å². The average molecular weight is 361 g/mol. The molecule has 1 unspecified atom stereocenters. The number of halogens is 1. The smallest absolute Gasteiger partial charge is 0.201 e. The fourth-order valence-corrected chi connectivity index (χ4v) is 3.42. The summed E-state index contributed by atoms with van der Waals surface area (Å²) in [6.07, 6.45) is 5.71. The van der Waals surface area contributed by atoms with Crippen LogP contribution in [0.5, 0.6) is 0 Å². The summed E-state index contributed by atoms with van der Waals surface area (Å²) in [6, 6.07) is 10.3. The Morgan fingerprint density at radius 3 is 2.17 bits per heavy atom. The fourth-order valence-electron chi connectivity index (χ4n) is 2.47. The monoisotopic (exact) mass is 360 g/mol. The lowest BCUT2D eigenvalue weighted by atomic mass is 10.1. The van der Waals surface area contributed by atoms with Crippen LogP contribution in [0.3, 0.4) is 0 Å². The Kier molecular flexibility index (Phi) is 9.55. The summed E-state index contributed by atoms with van der Waals surface area (Å²) < 4.78 is 5.97. The molecule has 0 radical (unpaired) electrons. The van der Waals surface area contributed by atoms with Crippen molar-refractivity contribution in [1.82, 2.24) is 0 Å². The van der Waals surface area contributed by atoms with E-state index in [-0.39, 0.29) is 5.60 Å². The quantitative estimate of drug-likeness (QED) is 0.394. The van der Waals surface area contributed by atoms with Gasteiger partial charge in [-0.25, -0.2) is 9.78 Å². The van der Waals surface area contributed by atoms with Gasteiger partial charge in [-0.2, -0.15) is 0 Å². The molecule has 132 valence electrons. The molecule has 0 amide bonds. The molecule has 3 rings (SSSR count). The Morgan fingerprint density at radius 1 is 1.04 bits per heavy atom. The van der Waals surface area contributed by atoms with E-state index in [0.29, 0.717) is 6.61 Å². The Hall–Kier alpha value is -0.260. The third kappa shape index (κ3) is 6.28. The van der Waals surface area contributed by atoms with Crippen LogP contribution in [-0.2, 0) is 14.5 Å². The molecule has 0 aromatic heterocycles. The number of hydrogen-bond donors (Lipinski definition) is 0. The Balaban J connectivity index is 0.000000615. The topological polar surface area (TPSA) is 27.7 Å². The zero-order valence-electron chi connectivity index (χ0n) is 14.6. The van der Waals surface area contributed by atoms with Gasteiger partial charge in [-0.05, 0) is 31.9 Å². The summed E-state index contributed by atoms with van der Waals surface area (Å²) in [4.78, 5) is 12.5. The van der Waals surface area contributed by atoms with Crippen molar-refractivity contribution in [2.24, 2.45) is 0 Å². The van der Waals surface area contributed by atoms with E-state index in [1.165, 1.54) is 24.1 Å². The van der Waals surface area contributed by atoms with E-state index in [1.807, 2.05) is 39.0 Å². The van der Waals surface area contributed by atoms with Crippen molar-refractivity contribution in [2.75, 3.05) is 18.7 Å². The van der Waals surface area contributed by atoms with Gasteiger partial charge in [-0.3, -0.25) is 0 Å². The van der Waals surface area contributed by atoms with Crippen LogP contribution in [0.25, 0.3) is 0 Å². The number of hydrogen-bond acceptors (Lipinski definition) is 4. The van der Waals surface area contributed by atoms with Crippen molar-refractivity contribution in [3.05, 3.63) is 30.3 Å². The highest BCUT2D eigenvalue weighted by Crippen LogP contribution is 2.40. The molecular weight excluding hydrogens is 332 g/mol. The molecule has 23 heavy (non-hydrogen) atoms. The fraction of sp³-hybridized carbons (Fsp3) is 0.667. The molecule has 1 spiro atoms. The molecule has 1 heterocycles. The van der Waals surface area contributed by atoms with Crippen molar-refractivity contribution in [2.45, 2.75) is 62.7 Å². The maximum absolute atomic E-state index is 5.97. The van der Waals surface area contributed by atoms with E-state index in [9.17, 15) is 0 Å². The first-order valence-corrected chi connectivity index (χ1v) is 10.0. The summed E-state index contributed by atoms with van der Waals surface area (Å²) in [6.45, 7) is 6.65. The molecule has 1 saturated carbocycles. The Labute approximate surface area is 150 Å². The number of ether oxygens (including phenoxy) is 1. The van der Waals surface area contributed by atoms with Crippen molar-refractivity contribution in [3.63, 3.8) is 0 Å². The molecule has 1 atom stereocenters. The second-order valence-electron chi connectivity index (χ2n) is 5.62. The minimum Gasteiger partial charge on any atom is -0.344 e.